The predicted molar refractivity (Wildman–Crippen MR) is 81.5 cm³/mol. The minimum absolute atomic E-state index is 0.0181. The van der Waals surface area contributed by atoms with Crippen molar-refractivity contribution in [3.8, 4) is 17.4 Å². The van der Waals surface area contributed by atoms with Gasteiger partial charge in [-0.15, -0.1) is 0 Å². The van der Waals surface area contributed by atoms with Gasteiger partial charge in [0.05, 0.1) is 5.56 Å². The van der Waals surface area contributed by atoms with Gasteiger partial charge in [0.25, 0.3) is 5.91 Å². The summed E-state index contributed by atoms with van der Waals surface area (Å²) in [7, 11) is 0. The van der Waals surface area contributed by atoms with Crippen LogP contribution in [0.2, 0.25) is 0 Å². The number of nitrogens with zero attached hydrogens (tertiary/aromatic N) is 3. The highest BCUT2D eigenvalue weighted by Crippen LogP contribution is 2.37. The number of rotatable bonds is 2. The maximum absolute atomic E-state index is 13.9. The van der Waals surface area contributed by atoms with Crippen molar-refractivity contribution in [2.24, 2.45) is 0 Å². The van der Waals surface area contributed by atoms with Crippen LogP contribution in [0.25, 0.3) is 11.3 Å². The molecule has 0 unspecified atom stereocenters. The van der Waals surface area contributed by atoms with Crippen molar-refractivity contribution in [2.75, 3.05) is 13.1 Å². The van der Waals surface area contributed by atoms with E-state index in [4.69, 9.17) is 9.78 Å². The SMILES string of the molecule is N#CC1(F)CCN(C(=O)c2cc(-c3ccccc3C(F)(F)F)on2)CC1. The molecule has 0 aliphatic carbocycles. The Labute approximate surface area is 145 Å². The Morgan fingerprint density at radius 3 is 2.54 bits per heavy atom. The average molecular weight is 367 g/mol. The number of likely N-dealkylation sites (tertiary alicyclic amines) is 1. The van der Waals surface area contributed by atoms with Gasteiger partial charge in [0, 0.05) is 37.6 Å². The number of carbonyl (C=O) groups is 1. The Hall–Kier alpha value is -2.89. The number of aromatic nitrogens is 1. The summed E-state index contributed by atoms with van der Waals surface area (Å²) >= 11 is 0. The van der Waals surface area contributed by atoms with Crippen LogP contribution < -0.4 is 0 Å². The molecule has 2 heterocycles. The third-order valence-corrected chi connectivity index (χ3v) is 4.27. The fraction of sp³-hybridized carbons (Fsp3) is 0.353. The first-order chi connectivity index (χ1) is 12.2. The molecule has 26 heavy (non-hydrogen) atoms. The Bertz CT molecular complexity index is 861. The molecule has 0 atom stereocenters. The number of alkyl halides is 4. The van der Waals surface area contributed by atoms with Gasteiger partial charge in [-0.2, -0.15) is 18.4 Å². The lowest BCUT2D eigenvalue weighted by atomic mass is 9.95. The zero-order valence-corrected chi connectivity index (χ0v) is 13.4. The highest BCUT2D eigenvalue weighted by molar-refractivity contribution is 5.93. The molecule has 9 heteroatoms. The van der Waals surface area contributed by atoms with E-state index in [0.717, 1.165) is 12.1 Å². The Morgan fingerprint density at radius 2 is 1.92 bits per heavy atom. The molecular formula is C17H13F4N3O2. The normalized spacial score (nSPS) is 17.0. The molecule has 1 amide bonds. The molecule has 1 aromatic carbocycles. The highest BCUT2D eigenvalue weighted by atomic mass is 19.4. The first-order valence-corrected chi connectivity index (χ1v) is 7.76. The maximum atomic E-state index is 13.9. The van der Waals surface area contributed by atoms with E-state index in [1.165, 1.54) is 23.1 Å². The van der Waals surface area contributed by atoms with E-state index < -0.39 is 23.3 Å². The zero-order chi connectivity index (χ0) is 18.9. The molecule has 0 bridgehead atoms. The summed E-state index contributed by atoms with van der Waals surface area (Å²) < 4.78 is 58.1. The van der Waals surface area contributed by atoms with Crippen LogP contribution in [0.1, 0.15) is 28.9 Å². The van der Waals surface area contributed by atoms with Gasteiger partial charge in [-0.25, -0.2) is 4.39 Å². The molecule has 1 aliphatic heterocycles. The van der Waals surface area contributed by atoms with Crippen molar-refractivity contribution >= 4 is 5.91 Å². The molecule has 1 aromatic heterocycles. The lowest BCUT2D eigenvalue weighted by molar-refractivity contribution is -0.137. The van der Waals surface area contributed by atoms with Crippen molar-refractivity contribution in [3.63, 3.8) is 0 Å². The van der Waals surface area contributed by atoms with Gasteiger partial charge in [-0.05, 0) is 6.07 Å². The van der Waals surface area contributed by atoms with E-state index in [2.05, 4.69) is 5.16 Å². The number of amides is 1. The summed E-state index contributed by atoms with van der Waals surface area (Å²) in [6.45, 7) is 0.0362. The van der Waals surface area contributed by atoms with E-state index in [0.29, 0.717) is 0 Å². The number of benzene rings is 1. The van der Waals surface area contributed by atoms with Gasteiger partial charge in [-0.1, -0.05) is 23.4 Å². The van der Waals surface area contributed by atoms with Crippen molar-refractivity contribution in [2.45, 2.75) is 24.7 Å². The third-order valence-electron chi connectivity index (χ3n) is 4.27. The number of carbonyl (C=O) groups excluding carboxylic acids is 1. The molecule has 1 saturated heterocycles. The van der Waals surface area contributed by atoms with Crippen molar-refractivity contribution in [1.82, 2.24) is 10.1 Å². The third kappa shape index (κ3) is 3.40. The molecular weight excluding hydrogens is 354 g/mol. The molecule has 5 nitrogen and oxygen atoms in total. The van der Waals surface area contributed by atoms with E-state index in [9.17, 15) is 22.4 Å². The Kier molecular flexibility index (Phi) is 4.44. The Balaban J connectivity index is 1.82. The number of halogens is 4. The fourth-order valence-electron chi connectivity index (χ4n) is 2.79. The molecule has 0 saturated carbocycles. The van der Waals surface area contributed by atoms with E-state index in [-0.39, 0.29) is 42.9 Å². The summed E-state index contributed by atoms with van der Waals surface area (Å²) in [6, 6.07) is 7.52. The monoisotopic (exact) mass is 367 g/mol. The average Bonchev–Trinajstić information content (AvgIpc) is 3.11. The predicted octanol–water partition coefficient (Wildman–Crippen LogP) is 3.83. The number of hydrogen-bond acceptors (Lipinski definition) is 4. The molecule has 3 rings (SSSR count). The zero-order valence-electron chi connectivity index (χ0n) is 13.4. The molecule has 0 radical (unpaired) electrons. The summed E-state index contributed by atoms with van der Waals surface area (Å²) in [5.74, 6) is -0.764. The van der Waals surface area contributed by atoms with Gasteiger partial charge in [0.2, 0.25) is 0 Å². The van der Waals surface area contributed by atoms with Crippen molar-refractivity contribution < 1.29 is 26.9 Å². The van der Waals surface area contributed by atoms with Crippen LogP contribution in [0.4, 0.5) is 17.6 Å². The second kappa shape index (κ2) is 6.44. The first kappa shape index (κ1) is 17.9. The van der Waals surface area contributed by atoms with Gasteiger partial charge < -0.3 is 9.42 Å². The lowest BCUT2D eigenvalue weighted by Gasteiger charge is -2.31. The van der Waals surface area contributed by atoms with Gasteiger partial charge in [0.15, 0.2) is 17.1 Å². The number of nitriles is 1. The molecule has 0 N–H and O–H groups in total. The molecule has 0 spiro atoms. The van der Waals surface area contributed by atoms with Crippen molar-refractivity contribution in [3.05, 3.63) is 41.6 Å². The summed E-state index contributed by atoms with van der Waals surface area (Å²) in [4.78, 5) is 13.7. The minimum Gasteiger partial charge on any atom is -0.355 e. The number of piperidine rings is 1. The van der Waals surface area contributed by atoms with Crippen LogP contribution in [0, 0.1) is 11.3 Å². The molecule has 2 aromatic rings. The summed E-state index contributed by atoms with van der Waals surface area (Å²) in [6.07, 6.45) is -4.84. The van der Waals surface area contributed by atoms with Crippen LogP contribution in [0.3, 0.4) is 0 Å². The first-order valence-electron chi connectivity index (χ1n) is 7.76. The topological polar surface area (TPSA) is 70.1 Å². The smallest absolute Gasteiger partial charge is 0.355 e. The van der Waals surface area contributed by atoms with Crippen LogP contribution >= 0.6 is 0 Å². The second-order valence-electron chi connectivity index (χ2n) is 5.99. The summed E-state index contributed by atoms with van der Waals surface area (Å²) in [5, 5.41) is 12.3. The van der Waals surface area contributed by atoms with Gasteiger partial charge in [-0.3, -0.25) is 4.79 Å². The fourth-order valence-corrected chi connectivity index (χ4v) is 2.79. The van der Waals surface area contributed by atoms with Crippen molar-refractivity contribution in [1.29, 1.82) is 5.26 Å². The summed E-state index contributed by atoms with van der Waals surface area (Å²) in [5.41, 5.74) is -3.25. The van der Waals surface area contributed by atoms with Crippen LogP contribution in [0.5, 0.6) is 0 Å². The molecule has 1 aliphatic rings. The lowest BCUT2D eigenvalue weighted by Crippen LogP contribution is -2.44. The van der Waals surface area contributed by atoms with E-state index >= 15 is 0 Å². The minimum atomic E-state index is -4.58. The maximum Gasteiger partial charge on any atom is 0.417 e. The molecule has 1 fully saturated rings. The quantitative estimate of drug-likeness (QED) is 0.757. The second-order valence-corrected chi connectivity index (χ2v) is 5.99. The van der Waals surface area contributed by atoms with Crippen LogP contribution in [-0.2, 0) is 6.18 Å². The van der Waals surface area contributed by atoms with E-state index in [1.807, 2.05) is 0 Å². The van der Waals surface area contributed by atoms with Crippen LogP contribution in [0.15, 0.2) is 34.9 Å². The number of hydrogen-bond donors (Lipinski definition) is 0. The Morgan fingerprint density at radius 1 is 1.27 bits per heavy atom. The van der Waals surface area contributed by atoms with Gasteiger partial charge in [0.1, 0.15) is 6.07 Å². The highest BCUT2D eigenvalue weighted by Gasteiger charge is 2.37. The standard InChI is InChI=1S/C17H13F4N3O2/c18-16(10-22)5-7-24(8-6-16)15(25)13-9-14(26-23-13)11-3-1-2-4-12(11)17(19,20)21/h1-4,9H,5-8H2. The van der Waals surface area contributed by atoms with Gasteiger partial charge >= 0.3 is 6.18 Å². The molecule has 136 valence electrons. The largest absolute Gasteiger partial charge is 0.417 e. The van der Waals surface area contributed by atoms with E-state index in [1.54, 1.807) is 6.07 Å². The van der Waals surface area contributed by atoms with Crippen LogP contribution in [-0.4, -0.2) is 34.7 Å².